The smallest absolute Gasteiger partial charge is 0.345 e. The predicted molar refractivity (Wildman–Crippen MR) is 76.9 cm³/mol. The van der Waals surface area contributed by atoms with E-state index in [0.29, 0.717) is 5.01 Å². The molecule has 2 heterocycles. The van der Waals surface area contributed by atoms with E-state index >= 15 is 0 Å². The summed E-state index contributed by atoms with van der Waals surface area (Å²) in [6, 6.07) is 2.10. The van der Waals surface area contributed by atoms with Crippen molar-refractivity contribution in [3.63, 3.8) is 0 Å². The third-order valence-electron chi connectivity index (χ3n) is 2.40. The zero-order chi connectivity index (χ0) is 14.9. The van der Waals surface area contributed by atoms with Crippen LogP contribution >= 0.6 is 22.7 Å². The lowest BCUT2D eigenvalue weighted by Gasteiger charge is -2.10. The van der Waals surface area contributed by atoms with E-state index in [1.54, 1.807) is 6.92 Å². The second kappa shape index (κ2) is 5.60. The van der Waals surface area contributed by atoms with Gasteiger partial charge in [-0.25, -0.2) is 22.9 Å². The molecule has 2 N–H and O–H groups in total. The lowest BCUT2D eigenvalue weighted by Crippen LogP contribution is -2.26. The van der Waals surface area contributed by atoms with Gasteiger partial charge in [-0.3, -0.25) is 0 Å². The highest BCUT2D eigenvalue weighted by Gasteiger charge is 2.23. The Morgan fingerprint density at radius 3 is 2.65 bits per heavy atom. The number of hydrogen-bond donors (Lipinski definition) is 2. The Kier molecular flexibility index (Phi) is 4.23. The summed E-state index contributed by atoms with van der Waals surface area (Å²) in [6.45, 7) is 3.53. The molecule has 2 aromatic rings. The van der Waals surface area contributed by atoms with Gasteiger partial charge in [0.1, 0.15) is 14.1 Å². The first-order chi connectivity index (χ1) is 9.29. The monoisotopic (exact) mass is 332 g/mol. The van der Waals surface area contributed by atoms with E-state index in [4.69, 9.17) is 5.11 Å². The second-order valence-corrected chi connectivity index (χ2v) is 8.01. The molecule has 0 aliphatic carbocycles. The molecule has 2 rings (SSSR count). The molecule has 0 aromatic carbocycles. The third-order valence-corrected chi connectivity index (χ3v) is 6.65. The number of aryl methyl sites for hydroxylation is 1. The largest absolute Gasteiger partial charge is 0.477 e. The van der Waals surface area contributed by atoms with Crippen molar-refractivity contribution in [3.8, 4) is 0 Å². The molecule has 6 nitrogen and oxygen atoms in total. The molecule has 1 atom stereocenters. The molecule has 0 bridgehead atoms. The Labute approximate surface area is 124 Å². The van der Waals surface area contributed by atoms with E-state index < -0.39 is 22.0 Å². The molecule has 0 fully saturated rings. The fourth-order valence-corrected chi connectivity index (χ4v) is 4.74. The molecule has 0 aliphatic heterocycles. The van der Waals surface area contributed by atoms with Gasteiger partial charge in [0, 0.05) is 11.1 Å². The number of thiophene rings is 1. The summed E-state index contributed by atoms with van der Waals surface area (Å²) in [6.07, 6.45) is 0. The summed E-state index contributed by atoms with van der Waals surface area (Å²) in [5, 5.41) is 11.3. The first kappa shape index (κ1) is 15.1. The summed E-state index contributed by atoms with van der Waals surface area (Å²) in [7, 11) is -3.74. The van der Waals surface area contributed by atoms with Gasteiger partial charge in [-0.1, -0.05) is 0 Å². The molecule has 20 heavy (non-hydrogen) atoms. The minimum atomic E-state index is -3.74. The number of aromatic nitrogens is 1. The number of hydrogen-bond acceptors (Lipinski definition) is 6. The molecular weight excluding hydrogens is 320 g/mol. The maximum absolute atomic E-state index is 12.1. The average molecular weight is 332 g/mol. The molecule has 0 aliphatic rings. The van der Waals surface area contributed by atoms with Gasteiger partial charge in [0.15, 0.2) is 0 Å². The molecule has 0 spiro atoms. The second-order valence-electron chi connectivity index (χ2n) is 4.09. The highest BCUT2D eigenvalue weighted by Crippen LogP contribution is 2.24. The minimum absolute atomic E-state index is 0.0110. The summed E-state index contributed by atoms with van der Waals surface area (Å²) < 4.78 is 26.8. The van der Waals surface area contributed by atoms with Gasteiger partial charge in [-0.15, -0.1) is 22.7 Å². The van der Waals surface area contributed by atoms with E-state index in [-0.39, 0.29) is 9.09 Å². The molecule has 0 radical (unpaired) electrons. The Bertz CT molecular complexity index is 732. The van der Waals surface area contributed by atoms with Crippen LogP contribution in [0.3, 0.4) is 0 Å². The SMILES string of the molecule is Cc1csc(C(C)NS(=O)(=O)c2ccc(C(=O)O)s2)n1. The van der Waals surface area contributed by atoms with Crippen molar-refractivity contribution in [3.05, 3.63) is 33.1 Å². The van der Waals surface area contributed by atoms with E-state index in [9.17, 15) is 13.2 Å². The molecule has 2 aromatic heterocycles. The molecule has 0 amide bonds. The van der Waals surface area contributed by atoms with Gasteiger partial charge in [-0.05, 0) is 26.0 Å². The van der Waals surface area contributed by atoms with E-state index in [2.05, 4.69) is 9.71 Å². The Morgan fingerprint density at radius 1 is 1.45 bits per heavy atom. The first-order valence-corrected chi connectivity index (χ1v) is 8.75. The van der Waals surface area contributed by atoms with E-state index in [1.807, 2.05) is 12.3 Å². The first-order valence-electron chi connectivity index (χ1n) is 5.57. The fraction of sp³-hybridized carbons (Fsp3) is 0.273. The zero-order valence-electron chi connectivity index (χ0n) is 10.7. The number of carboxylic acid groups (broad SMARTS) is 1. The normalized spacial score (nSPS) is 13.3. The number of nitrogens with one attached hydrogen (secondary N) is 1. The number of nitrogens with zero attached hydrogens (tertiary/aromatic N) is 1. The number of aromatic carboxylic acids is 1. The molecular formula is C11H12N2O4S3. The summed E-state index contributed by atoms with van der Waals surface area (Å²) in [4.78, 5) is 15.0. The molecule has 9 heteroatoms. The number of rotatable bonds is 5. The lowest BCUT2D eigenvalue weighted by atomic mass is 10.4. The van der Waals surface area contributed by atoms with Crippen LogP contribution in [-0.2, 0) is 10.0 Å². The molecule has 0 saturated heterocycles. The number of thiazole rings is 1. The summed E-state index contributed by atoms with van der Waals surface area (Å²) in [5.74, 6) is -1.14. The van der Waals surface area contributed by atoms with Gasteiger partial charge >= 0.3 is 5.97 Å². The predicted octanol–water partition coefficient (Wildman–Crippen LogP) is 2.25. The van der Waals surface area contributed by atoms with Gasteiger partial charge in [-0.2, -0.15) is 0 Å². The third kappa shape index (κ3) is 3.23. The van der Waals surface area contributed by atoms with Crippen LogP contribution in [0.4, 0.5) is 0 Å². The zero-order valence-corrected chi connectivity index (χ0v) is 13.1. The number of carbonyl (C=O) groups is 1. The fourth-order valence-electron chi connectivity index (χ4n) is 1.49. The van der Waals surface area contributed by atoms with Gasteiger partial charge in [0.25, 0.3) is 10.0 Å². The molecule has 1 unspecified atom stereocenters. The van der Waals surface area contributed by atoms with Gasteiger partial charge < -0.3 is 5.11 Å². The Hall–Kier alpha value is -1.29. The average Bonchev–Trinajstić information content (AvgIpc) is 2.96. The van der Waals surface area contributed by atoms with Gasteiger partial charge in [0.05, 0.1) is 6.04 Å². The Morgan fingerprint density at radius 2 is 2.15 bits per heavy atom. The van der Waals surface area contributed by atoms with Crippen LogP contribution in [0.25, 0.3) is 0 Å². The quantitative estimate of drug-likeness (QED) is 0.875. The van der Waals surface area contributed by atoms with Crippen molar-refractivity contribution in [2.24, 2.45) is 0 Å². The van der Waals surface area contributed by atoms with Gasteiger partial charge in [0.2, 0.25) is 0 Å². The maximum Gasteiger partial charge on any atom is 0.345 e. The lowest BCUT2D eigenvalue weighted by molar-refractivity contribution is 0.0702. The van der Waals surface area contributed by atoms with Crippen LogP contribution in [0.15, 0.2) is 21.7 Å². The summed E-state index contributed by atoms with van der Waals surface area (Å²) in [5.41, 5.74) is 0.834. The minimum Gasteiger partial charge on any atom is -0.477 e. The topological polar surface area (TPSA) is 96.4 Å². The number of carboxylic acids is 1. The van der Waals surface area contributed by atoms with E-state index in [1.165, 1.54) is 23.5 Å². The Balaban J connectivity index is 2.20. The van der Waals surface area contributed by atoms with Crippen LogP contribution in [0.1, 0.15) is 33.3 Å². The number of sulfonamides is 1. The molecule has 108 valence electrons. The van der Waals surface area contributed by atoms with Crippen molar-refractivity contribution in [2.45, 2.75) is 24.1 Å². The van der Waals surface area contributed by atoms with Crippen LogP contribution in [0.5, 0.6) is 0 Å². The highest BCUT2D eigenvalue weighted by atomic mass is 32.2. The maximum atomic E-state index is 12.1. The van der Waals surface area contributed by atoms with Crippen LogP contribution in [-0.4, -0.2) is 24.5 Å². The van der Waals surface area contributed by atoms with Crippen molar-refractivity contribution < 1.29 is 18.3 Å². The van der Waals surface area contributed by atoms with Crippen molar-refractivity contribution in [2.75, 3.05) is 0 Å². The summed E-state index contributed by atoms with van der Waals surface area (Å²) >= 11 is 2.10. The van der Waals surface area contributed by atoms with Crippen LogP contribution < -0.4 is 4.72 Å². The highest BCUT2D eigenvalue weighted by molar-refractivity contribution is 7.91. The van der Waals surface area contributed by atoms with Crippen LogP contribution in [0.2, 0.25) is 0 Å². The van der Waals surface area contributed by atoms with Crippen molar-refractivity contribution >= 4 is 38.7 Å². The van der Waals surface area contributed by atoms with E-state index in [0.717, 1.165) is 17.0 Å². The molecule has 0 saturated carbocycles. The standard InChI is InChI=1S/C11H12N2O4S3/c1-6-5-18-10(12-6)7(2)13-20(16,17)9-4-3-8(19-9)11(14)15/h3-5,7,13H,1-2H3,(H,14,15). The van der Waals surface area contributed by atoms with Crippen molar-refractivity contribution in [1.29, 1.82) is 0 Å². The van der Waals surface area contributed by atoms with Crippen LogP contribution in [0, 0.1) is 6.92 Å². The van der Waals surface area contributed by atoms with Crippen molar-refractivity contribution in [1.82, 2.24) is 9.71 Å².